The minimum atomic E-state index is -4.41. The molecule has 1 aliphatic heterocycles. The zero-order valence-electron chi connectivity index (χ0n) is 15.3. The predicted molar refractivity (Wildman–Crippen MR) is 98.8 cm³/mol. The van der Waals surface area contributed by atoms with Gasteiger partial charge in [0.2, 0.25) is 0 Å². The molecule has 1 aromatic heterocycles. The lowest BCUT2D eigenvalue weighted by Crippen LogP contribution is -2.43. The van der Waals surface area contributed by atoms with E-state index in [1.165, 1.54) is 17.0 Å². The van der Waals surface area contributed by atoms with Crippen LogP contribution in [0.25, 0.3) is 16.6 Å². The first kappa shape index (κ1) is 18.6. The van der Waals surface area contributed by atoms with Gasteiger partial charge >= 0.3 is 6.18 Å². The van der Waals surface area contributed by atoms with Gasteiger partial charge in [-0.25, -0.2) is 4.39 Å². The molecule has 4 rings (SSSR count). The molecular formula is C21H19F4N3. The van der Waals surface area contributed by atoms with Crippen molar-refractivity contribution < 1.29 is 17.6 Å². The van der Waals surface area contributed by atoms with Crippen LogP contribution in [0.15, 0.2) is 36.4 Å². The number of nitriles is 1. The van der Waals surface area contributed by atoms with Crippen molar-refractivity contribution in [3.63, 3.8) is 0 Å². The van der Waals surface area contributed by atoms with Gasteiger partial charge in [0, 0.05) is 18.0 Å². The van der Waals surface area contributed by atoms with Crippen LogP contribution in [0, 0.1) is 17.1 Å². The third-order valence-corrected chi connectivity index (χ3v) is 5.70. The first-order valence-electron chi connectivity index (χ1n) is 9.27. The second-order valence-electron chi connectivity index (χ2n) is 7.30. The second-order valence-corrected chi connectivity index (χ2v) is 7.30. The van der Waals surface area contributed by atoms with E-state index in [0.29, 0.717) is 22.3 Å². The molecule has 2 heterocycles. The summed E-state index contributed by atoms with van der Waals surface area (Å²) in [6, 6.07) is 4.75. The van der Waals surface area contributed by atoms with Gasteiger partial charge < -0.3 is 9.47 Å². The van der Waals surface area contributed by atoms with E-state index in [2.05, 4.69) is 6.07 Å². The van der Waals surface area contributed by atoms with Crippen LogP contribution in [-0.4, -0.2) is 28.2 Å². The van der Waals surface area contributed by atoms with E-state index in [0.717, 1.165) is 26.2 Å². The number of aromatic nitrogens is 1. The molecule has 2 aromatic rings. The van der Waals surface area contributed by atoms with Crippen LogP contribution >= 0.6 is 0 Å². The first-order chi connectivity index (χ1) is 13.3. The summed E-state index contributed by atoms with van der Waals surface area (Å²) in [6.45, 7) is 1.22. The monoisotopic (exact) mass is 389 g/mol. The van der Waals surface area contributed by atoms with Crippen LogP contribution in [0.5, 0.6) is 0 Å². The lowest BCUT2D eigenvalue weighted by atomic mass is 9.92. The number of benzene rings is 1. The lowest BCUT2D eigenvalue weighted by molar-refractivity contribution is -0.169. The molecule has 0 spiro atoms. The Labute approximate surface area is 160 Å². The zero-order valence-corrected chi connectivity index (χ0v) is 15.3. The molecule has 0 N–H and O–H groups in total. The summed E-state index contributed by atoms with van der Waals surface area (Å²) >= 11 is 0. The van der Waals surface area contributed by atoms with Crippen LogP contribution in [0.3, 0.4) is 0 Å². The summed E-state index contributed by atoms with van der Waals surface area (Å²) in [7, 11) is 0. The Hall–Kier alpha value is -2.75. The Balaban J connectivity index is 1.98. The van der Waals surface area contributed by atoms with Crippen LogP contribution in [-0.2, 0) is 0 Å². The fourth-order valence-electron chi connectivity index (χ4n) is 3.96. The molecule has 1 fully saturated rings. The average Bonchev–Trinajstić information content (AvgIpc) is 2.92. The van der Waals surface area contributed by atoms with Crippen LogP contribution < -0.4 is 0 Å². The number of rotatable bonds is 3. The molecule has 0 unspecified atom stereocenters. The van der Waals surface area contributed by atoms with Gasteiger partial charge in [-0.05, 0) is 50.5 Å². The van der Waals surface area contributed by atoms with Crippen molar-refractivity contribution in [3.05, 3.63) is 53.5 Å². The van der Waals surface area contributed by atoms with Crippen molar-refractivity contribution in [2.75, 3.05) is 6.54 Å². The summed E-state index contributed by atoms with van der Waals surface area (Å²) in [5.74, 6) is -0.473. The third-order valence-electron chi connectivity index (χ3n) is 5.70. The minimum absolute atomic E-state index is 0.0952. The highest BCUT2D eigenvalue weighted by molar-refractivity contribution is 5.93. The van der Waals surface area contributed by atoms with Gasteiger partial charge in [-0.2, -0.15) is 18.4 Å². The average molecular weight is 389 g/mol. The maximum Gasteiger partial charge on any atom is 0.408 e. The van der Waals surface area contributed by atoms with E-state index < -0.39 is 18.0 Å². The van der Waals surface area contributed by atoms with Gasteiger partial charge in [0.05, 0.1) is 22.5 Å². The normalized spacial score (nSPS) is 18.7. The molecule has 0 radical (unpaired) electrons. The summed E-state index contributed by atoms with van der Waals surface area (Å²) < 4.78 is 56.3. The Morgan fingerprint density at radius 3 is 2.61 bits per heavy atom. The Kier molecular flexibility index (Phi) is 4.45. The largest absolute Gasteiger partial charge is 0.408 e. The summed E-state index contributed by atoms with van der Waals surface area (Å²) in [5.41, 5.74) is 1.72. The fraction of sp³-hybridized carbons (Fsp3) is 0.381. The summed E-state index contributed by atoms with van der Waals surface area (Å²) in [5, 5.41) is 10.3. The molecule has 1 saturated carbocycles. The van der Waals surface area contributed by atoms with Crippen LogP contribution in [0.4, 0.5) is 17.6 Å². The van der Waals surface area contributed by atoms with E-state index in [9.17, 15) is 22.8 Å². The highest BCUT2D eigenvalue weighted by Gasteiger charge is 2.42. The van der Waals surface area contributed by atoms with Crippen molar-refractivity contribution >= 4 is 16.6 Å². The van der Waals surface area contributed by atoms with Crippen molar-refractivity contribution in [3.8, 4) is 6.07 Å². The number of hydrogen-bond acceptors (Lipinski definition) is 2. The third kappa shape index (κ3) is 2.88. The number of halogens is 4. The number of nitrogens with zero attached hydrogens (tertiary/aromatic N) is 3. The Morgan fingerprint density at radius 1 is 1.25 bits per heavy atom. The summed E-state index contributed by atoms with van der Waals surface area (Å²) in [4.78, 5) is 1.26. The van der Waals surface area contributed by atoms with Crippen molar-refractivity contribution in [1.82, 2.24) is 9.47 Å². The SMILES string of the molecule is C[C@H](N1CC=CC=C1c1c(C#N)c2cc(F)ccc2n1C1CCC1)C(F)(F)F. The van der Waals surface area contributed by atoms with Crippen molar-refractivity contribution in [1.29, 1.82) is 5.26 Å². The van der Waals surface area contributed by atoms with E-state index in [4.69, 9.17) is 0 Å². The first-order valence-corrected chi connectivity index (χ1v) is 9.27. The zero-order chi connectivity index (χ0) is 20.1. The molecule has 1 atom stereocenters. The van der Waals surface area contributed by atoms with Gasteiger partial charge in [-0.3, -0.25) is 0 Å². The van der Waals surface area contributed by atoms with Gasteiger partial charge in [0.15, 0.2) is 0 Å². The Bertz CT molecular complexity index is 1020. The van der Waals surface area contributed by atoms with Crippen molar-refractivity contribution in [2.45, 2.75) is 44.4 Å². The molecule has 1 aromatic carbocycles. The molecule has 1 aliphatic carbocycles. The quantitative estimate of drug-likeness (QED) is 0.646. The number of alkyl halides is 3. The molecule has 2 aliphatic rings. The standard InChI is InChI=1S/C21H19F4N3/c1-13(21(23,24)25)27-10-3-2-7-19(27)20-17(12-26)16-11-14(22)8-9-18(16)28(20)15-5-4-6-15/h2-3,7-9,11,13,15H,4-6,10H2,1H3/t13-/m0/s1. The maximum absolute atomic E-state index is 13.9. The lowest BCUT2D eigenvalue weighted by Gasteiger charge is -2.37. The van der Waals surface area contributed by atoms with Crippen molar-refractivity contribution in [2.24, 2.45) is 0 Å². The van der Waals surface area contributed by atoms with Crippen LogP contribution in [0.2, 0.25) is 0 Å². The molecule has 3 nitrogen and oxygen atoms in total. The smallest absolute Gasteiger partial charge is 0.354 e. The van der Waals surface area contributed by atoms with E-state index in [-0.39, 0.29) is 18.2 Å². The molecule has 0 bridgehead atoms. The van der Waals surface area contributed by atoms with E-state index in [1.807, 2.05) is 4.57 Å². The second kappa shape index (κ2) is 6.69. The van der Waals surface area contributed by atoms with Gasteiger partial charge in [-0.15, -0.1) is 0 Å². The number of allylic oxidation sites excluding steroid dienone is 2. The van der Waals surface area contributed by atoms with Crippen LogP contribution in [0.1, 0.15) is 43.5 Å². The highest BCUT2D eigenvalue weighted by atomic mass is 19.4. The topological polar surface area (TPSA) is 32.0 Å². The predicted octanol–water partition coefficient (Wildman–Crippen LogP) is 5.54. The van der Waals surface area contributed by atoms with Gasteiger partial charge in [0.1, 0.15) is 17.9 Å². The molecule has 146 valence electrons. The van der Waals surface area contributed by atoms with E-state index >= 15 is 0 Å². The van der Waals surface area contributed by atoms with Gasteiger partial charge in [-0.1, -0.05) is 12.2 Å². The molecule has 7 heteroatoms. The molecule has 28 heavy (non-hydrogen) atoms. The molecule has 0 saturated heterocycles. The maximum atomic E-state index is 13.9. The van der Waals surface area contributed by atoms with E-state index in [1.54, 1.807) is 24.3 Å². The minimum Gasteiger partial charge on any atom is -0.354 e. The number of fused-ring (bicyclic) bond motifs is 1. The van der Waals surface area contributed by atoms with Gasteiger partial charge in [0.25, 0.3) is 0 Å². The molecule has 0 amide bonds. The molecular weight excluding hydrogens is 370 g/mol. The fourth-order valence-corrected chi connectivity index (χ4v) is 3.96. The number of hydrogen-bond donors (Lipinski definition) is 0. The highest BCUT2D eigenvalue weighted by Crippen LogP contribution is 2.43. The Morgan fingerprint density at radius 2 is 2.00 bits per heavy atom. The summed E-state index contributed by atoms with van der Waals surface area (Å²) in [6.07, 6.45) is 3.37.